The van der Waals surface area contributed by atoms with Crippen molar-refractivity contribution in [2.45, 2.75) is 58.8 Å². The minimum absolute atomic E-state index is 0.0673. The highest BCUT2D eigenvalue weighted by Gasteiger charge is 2.33. The second kappa shape index (κ2) is 10.8. The van der Waals surface area contributed by atoms with Gasteiger partial charge in [-0.3, -0.25) is 19.2 Å². The number of benzene rings is 1. The van der Waals surface area contributed by atoms with Crippen LogP contribution in [0.25, 0.3) is 0 Å². The molecule has 0 aromatic heterocycles. The van der Waals surface area contributed by atoms with Crippen LogP contribution in [0.2, 0.25) is 0 Å². The van der Waals surface area contributed by atoms with Crippen LogP contribution in [0.1, 0.15) is 64.4 Å². The summed E-state index contributed by atoms with van der Waals surface area (Å²) in [4.78, 5) is 48.3. The first-order valence-electron chi connectivity index (χ1n) is 10.2. The van der Waals surface area contributed by atoms with E-state index in [0.717, 1.165) is 18.4 Å². The number of hydrogen-bond acceptors (Lipinski definition) is 6. The molecule has 160 valence electrons. The highest BCUT2D eigenvalue weighted by Crippen LogP contribution is 2.37. The quantitative estimate of drug-likeness (QED) is 0.288. The highest BCUT2D eigenvalue weighted by molar-refractivity contribution is 6.25. The third kappa shape index (κ3) is 5.60. The predicted molar refractivity (Wildman–Crippen MR) is 114 cm³/mol. The molecule has 0 saturated heterocycles. The van der Waals surface area contributed by atoms with Gasteiger partial charge in [-0.2, -0.15) is 0 Å². The van der Waals surface area contributed by atoms with Crippen LogP contribution in [0.15, 0.2) is 52.6 Å². The van der Waals surface area contributed by atoms with Crippen LogP contribution in [0.4, 0.5) is 0 Å². The molecule has 0 aliphatic heterocycles. The maximum Gasteiger partial charge on any atom is 0.327 e. The Hall–Kier alpha value is -2.86. The smallest absolute Gasteiger partial charge is 0.327 e. The van der Waals surface area contributed by atoms with Crippen LogP contribution in [0.3, 0.4) is 0 Å². The van der Waals surface area contributed by atoms with E-state index in [4.69, 9.17) is 5.73 Å². The summed E-state index contributed by atoms with van der Waals surface area (Å²) < 4.78 is 4.56. The predicted octanol–water partition coefficient (Wildman–Crippen LogP) is 3.55. The monoisotopic (exact) mass is 411 g/mol. The fourth-order valence-corrected chi connectivity index (χ4v) is 3.71. The van der Waals surface area contributed by atoms with Crippen LogP contribution in [0, 0.1) is 0 Å². The average molecular weight is 411 g/mol. The van der Waals surface area contributed by atoms with Crippen LogP contribution in [-0.4, -0.2) is 30.0 Å². The van der Waals surface area contributed by atoms with Crippen LogP contribution < -0.4 is 5.73 Å². The summed E-state index contributed by atoms with van der Waals surface area (Å²) >= 11 is 0. The zero-order valence-corrected chi connectivity index (χ0v) is 17.8. The van der Waals surface area contributed by atoms with Gasteiger partial charge in [0, 0.05) is 34.6 Å². The van der Waals surface area contributed by atoms with E-state index in [0.29, 0.717) is 35.1 Å². The second-order valence-corrected chi connectivity index (χ2v) is 7.56. The molecule has 0 bridgehead atoms. The van der Waals surface area contributed by atoms with E-state index in [2.05, 4.69) is 4.74 Å². The summed E-state index contributed by atoms with van der Waals surface area (Å²) in [6.45, 7) is 4.81. The molecule has 1 aliphatic rings. The van der Waals surface area contributed by atoms with Gasteiger partial charge in [-0.15, -0.1) is 0 Å². The number of carbonyl (C=O) groups excluding carboxylic acids is 4. The standard InChI is InChI=1S/C24H29NO5/c1-15-16(2)24(29)22(17(3)23(15)28)19(18-10-6-4-7-11-18)12-8-5-9-13-20(26)30-21(27)14-25/h4,6-7,10-11,19H,5,8-9,12-14,25H2,1-3H3. The van der Waals surface area contributed by atoms with Gasteiger partial charge in [0.25, 0.3) is 0 Å². The zero-order chi connectivity index (χ0) is 22.3. The summed E-state index contributed by atoms with van der Waals surface area (Å²) in [7, 11) is 0. The molecule has 2 N–H and O–H groups in total. The van der Waals surface area contributed by atoms with Crippen LogP contribution in [-0.2, 0) is 23.9 Å². The molecule has 0 amide bonds. The number of ketones is 2. The summed E-state index contributed by atoms with van der Waals surface area (Å²) in [5, 5.41) is 0. The van der Waals surface area contributed by atoms with Crippen molar-refractivity contribution in [3.8, 4) is 0 Å². The average Bonchev–Trinajstić information content (AvgIpc) is 2.75. The molecular weight excluding hydrogens is 382 g/mol. The Morgan fingerprint density at radius 1 is 0.867 bits per heavy atom. The van der Waals surface area contributed by atoms with Gasteiger partial charge < -0.3 is 10.5 Å². The van der Waals surface area contributed by atoms with Gasteiger partial charge in [0.2, 0.25) is 0 Å². The van der Waals surface area contributed by atoms with Gasteiger partial charge in [-0.25, -0.2) is 0 Å². The van der Waals surface area contributed by atoms with Gasteiger partial charge >= 0.3 is 11.9 Å². The number of rotatable bonds is 9. The van der Waals surface area contributed by atoms with Crippen LogP contribution in [0.5, 0.6) is 0 Å². The van der Waals surface area contributed by atoms with Crippen molar-refractivity contribution in [2.75, 3.05) is 6.54 Å². The Morgan fingerprint density at radius 2 is 1.50 bits per heavy atom. The van der Waals surface area contributed by atoms with Crippen molar-refractivity contribution in [3.05, 3.63) is 58.2 Å². The first-order valence-corrected chi connectivity index (χ1v) is 10.2. The third-order valence-corrected chi connectivity index (χ3v) is 5.55. The Morgan fingerprint density at radius 3 is 2.13 bits per heavy atom. The van der Waals surface area contributed by atoms with E-state index in [1.54, 1.807) is 20.8 Å². The number of hydrogen-bond donors (Lipinski definition) is 1. The Kier molecular flexibility index (Phi) is 8.42. The molecule has 0 radical (unpaired) electrons. The molecular formula is C24H29NO5. The molecule has 0 heterocycles. The van der Waals surface area contributed by atoms with E-state index in [1.165, 1.54) is 0 Å². The first-order chi connectivity index (χ1) is 14.3. The number of carbonyl (C=O) groups is 4. The summed E-state index contributed by atoms with van der Waals surface area (Å²) in [6, 6.07) is 9.70. The summed E-state index contributed by atoms with van der Waals surface area (Å²) in [5.41, 5.74) is 8.22. The number of ether oxygens (including phenoxy) is 1. The third-order valence-electron chi connectivity index (χ3n) is 5.55. The number of allylic oxidation sites excluding steroid dienone is 4. The number of Topliss-reactive ketones (excluding diaryl/α,β-unsaturated/α-hetero) is 2. The largest absolute Gasteiger partial charge is 0.392 e. The van der Waals surface area contributed by atoms with E-state index in [1.807, 2.05) is 30.3 Å². The molecule has 6 heteroatoms. The molecule has 0 saturated carbocycles. The van der Waals surface area contributed by atoms with E-state index in [9.17, 15) is 19.2 Å². The van der Waals surface area contributed by atoms with Crippen molar-refractivity contribution in [2.24, 2.45) is 5.73 Å². The first kappa shape index (κ1) is 23.4. The molecule has 1 atom stereocenters. The minimum atomic E-state index is -0.731. The molecule has 30 heavy (non-hydrogen) atoms. The lowest BCUT2D eigenvalue weighted by atomic mass is 9.76. The molecule has 0 spiro atoms. The van der Waals surface area contributed by atoms with Gasteiger partial charge in [0.05, 0.1) is 6.54 Å². The lowest BCUT2D eigenvalue weighted by Crippen LogP contribution is -2.24. The zero-order valence-electron chi connectivity index (χ0n) is 17.8. The SMILES string of the molecule is CC1=C(C)C(=O)C(C(CCCCCC(=O)OC(=O)CN)c2ccccc2)=C(C)C1=O. The van der Waals surface area contributed by atoms with Crippen LogP contribution >= 0.6 is 0 Å². The lowest BCUT2D eigenvalue weighted by molar-refractivity contribution is -0.158. The normalized spacial score (nSPS) is 15.5. The molecule has 0 fully saturated rings. The van der Waals surface area contributed by atoms with Gasteiger partial charge in [-0.1, -0.05) is 43.2 Å². The molecule has 2 rings (SSSR count). The van der Waals surface area contributed by atoms with Crippen molar-refractivity contribution in [1.29, 1.82) is 0 Å². The topological polar surface area (TPSA) is 104 Å². The molecule has 1 aromatic carbocycles. The van der Waals surface area contributed by atoms with E-state index < -0.39 is 11.9 Å². The molecule has 1 aromatic rings. The number of esters is 2. The maximum absolute atomic E-state index is 13.0. The Bertz CT molecular complexity index is 895. The Balaban J connectivity index is 2.09. The fourth-order valence-electron chi connectivity index (χ4n) is 3.71. The van der Waals surface area contributed by atoms with Crippen molar-refractivity contribution < 1.29 is 23.9 Å². The van der Waals surface area contributed by atoms with E-state index >= 15 is 0 Å². The number of nitrogens with two attached hydrogens (primary N) is 1. The Labute approximate surface area is 177 Å². The molecule has 6 nitrogen and oxygen atoms in total. The highest BCUT2D eigenvalue weighted by atomic mass is 16.6. The molecule has 1 aliphatic carbocycles. The van der Waals surface area contributed by atoms with E-state index in [-0.39, 0.29) is 30.4 Å². The van der Waals surface area contributed by atoms with Gasteiger partial charge in [-0.05, 0) is 39.2 Å². The second-order valence-electron chi connectivity index (χ2n) is 7.56. The van der Waals surface area contributed by atoms with Crippen molar-refractivity contribution in [1.82, 2.24) is 0 Å². The van der Waals surface area contributed by atoms with Gasteiger partial charge in [0.15, 0.2) is 11.6 Å². The lowest BCUT2D eigenvalue weighted by Gasteiger charge is -2.26. The fraction of sp³-hybridized carbons (Fsp3) is 0.417. The minimum Gasteiger partial charge on any atom is -0.392 e. The maximum atomic E-state index is 13.0. The summed E-state index contributed by atoms with van der Waals surface area (Å²) in [6.07, 6.45) is 2.89. The summed E-state index contributed by atoms with van der Waals surface area (Å²) in [5.74, 6) is -1.63. The van der Waals surface area contributed by atoms with Gasteiger partial charge in [0.1, 0.15) is 0 Å². The number of unbranched alkanes of at least 4 members (excludes halogenated alkanes) is 2. The van der Waals surface area contributed by atoms with Crippen molar-refractivity contribution in [3.63, 3.8) is 0 Å². The van der Waals surface area contributed by atoms with Crippen molar-refractivity contribution >= 4 is 23.5 Å². The molecule has 1 unspecified atom stereocenters.